The normalized spacial score (nSPS) is 52.9. The lowest BCUT2D eigenvalue weighted by Gasteiger charge is -2.71. The molecule has 5 aliphatic heterocycles. The van der Waals surface area contributed by atoms with E-state index in [0.717, 1.165) is 24.8 Å². The SMILES string of the molecule is CC(C)=CCC[C@@](C)(O[C@@H]1O[C@H](CO[C@@H]2O[C@@H](CO)[C@H](O)[C@H]2O)[C@@H](O)[C@H](O)[C@H]1O)[C@H]1CC[C@]2(C)[C@@H]1[C@H](O)C[C@@H]1[C@@]3(C)CC[C@H](O[C@@H]4O[C@H](CO)[C@@H](O)[C@H](O)[C@H]4O[C@@H]4O[C@H](CO)[C@@H](O)[C@H](O)[C@H]4O[C@@H]4OC[C@@H](O)[C@H](O)[C@H]4O)C(C)(C)[C@@H]3CC[C@]12C. The summed E-state index contributed by atoms with van der Waals surface area (Å²) < 4.78 is 61.0. The Morgan fingerprint density at radius 2 is 1.04 bits per heavy atom. The highest BCUT2D eigenvalue weighted by molar-refractivity contribution is 5.21. The maximum Gasteiger partial charge on any atom is 0.187 e. The first-order valence-electron chi connectivity index (χ1n) is 30.2. The summed E-state index contributed by atoms with van der Waals surface area (Å²) in [6.45, 7) is 14.1. The quantitative estimate of drug-likeness (QED) is 0.0477. The van der Waals surface area contributed by atoms with E-state index in [4.69, 9.17) is 47.4 Å². The number of aliphatic hydroxyl groups excluding tert-OH is 16. The van der Waals surface area contributed by atoms with Crippen molar-refractivity contribution in [3.8, 4) is 0 Å². The molecule has 0 aromatic heterocycles. The second kappa shape index (κ2) is 25.8. The lowest BCUT2D eigenvalue weighted by molar-refractivity contribution is -0.395. The molecular weight excluding hydrogens is 1110 g/mol. The second-order valence-corrected chi connectivity index (χ2v) is 27.6. The fraction of sp³-hybridized carbons (Fsp3) is 0.966. The van der Waals surface area contributed by atoms with E-state index in [1.807, 2.05) is 20.8 Å². The van der Waals surface area contributed by atoms with Gasteiger partial charge in [-0.25, -0.2) is 0 Å². The topological polar surface area (TPSA) is 416 Å². The van der Waals surface area contributed by atoms with E-state index < -0.39 is 203 Å². The van der Waals surface area contributed by atoms with Crippen molar-refractivity contribution in [1.82, 2.24) is 0 Å². The first-order valence-corrected chi connectivity index (χ1v) is 30.2. The van der Waals surface area contributed by atoms with E-state index in [-0.39, 0.29) is 34.5 Å². The Hall–Kier alpha value is -1.30. The Balaban J connectivity index is 0.935. The molecule has 5 heterocycles. The van der Waals surface area contributed by atoms with E-state index in [9.17, 15) is 81.7 Å². The van der Waals surface area contributed by atoms with Crippen molar-refractivity contribution >= 4 is 0 Å². The Morgan fingerprint density at radius 3 is 1.63 bits per heavy atom. The van der Waals surface area contributed by atoms with Gasteiger partial charge in [-0.2, -0.15) is 0 Å². The van der Waals surface area contributed by atoms with Gasteiger partial charge in [0.2, 0.25) is 0 Å². The molecule has 0 amide bonds. The molecular formula is C58H98O26. The Kier molecular flexibility index (Phi) is 20.6. The summed E-state index contributed by atoms with van der Waals surface area (Å²) in [5.74, 6) is -0.575. The highest BCUT2D eigenvalue weighted by atomic mass is 16.8. The molecule has 33 atom stereocenters. The predicted molar refractivity (Wildman–Crippen MR) is 287 cm³/mol. The summed E-state index contributed by atoms with van der Waals surface area (Å²) in [7, 11) is 0. The zero-order chi connectivity index (χ0) is 61.5. The fourth-order valence-corrected chi connectivity index (χ4v) is 17.2. The number of ether oxygens (including phenoxy) is 10. The zero-order valence-electron chi connectivity index (χ0n) is 49.5. The number of allylic oxidation sites excluding steroid dienone is 2. The molecule has 26 heteroatoms. The van der Waals surface area contributed by atoms with Crippen molar-refractivity contribution in [2.24, 2.45) is 45.3 Å². The van der Waals surface area contributed by atoms with Gasteiger partial charge in [-0.05, 0) is 124 Å². The van der Waals surface area contributed by atoms with Crippen molar-refractivity contribution in [3.05, 3.63) is 11.6 Å². The van der Waals surface area contributed by atoms with E-state index in [2.05, 4.69) is 40.7 Å². The van der Waals surface area contributed by atoms with Crippen LogP contribution >= 0.6 is 0 Å². The van der Waals surface area contributed by atoms with Gasteiger partial charge in [0.1, 0.15) is 110 Å². The molecule has 0 radical (unpaired) electrons. The average Bonchev–Trinajstić information content (AvgIpc) is 1.31. The molecule has 9 fully saturated rings. The predicted octanol–water partition coefficient (Wildman–Crippen LogP) is -3.10. The van der Waals surface area contributed by atoms with Crippen LogP contribution in [0, 0.1) is 45.3 Å². The van der Waals surface area contributed by atoms with Crippen molar-refractivity contribution < 1.29 is 129 Å². The highest BCUT2D eigenvalue weighted by Crippen LogP contribution is 2.76. The molecule has 0 aromatic carbocycles. The summed E-state index contributed by atoms with van der Waals surface area (Å²) in [5.41, 5.74) is -1.75. The van der Waals surface area contributed by atoms with E-state index in [0.29, 0.717) is 38.5 Å². The molecule has 4 aliphatic carbocycles. The summed E-state index contributed by atoms with van der Waals surface area (Å²) in [6, 6.07) is 0. The van der Waals surface area contributed by atoms with Crippen LogP contribution in [-0.2, 0) is 47.4 Å². The van der Waals surface area contributed by atoms with Crippen molar-refractivity contribution in [1.29, 1.82) is 0 Å². The van der Waals surface area contributed by atoms with Crippen LogP contribution in [0.3, 0.4) is 0 Å². The van der Waals surface area contributed by atoms with Gasteiger partial charge in [-0.1, -0.05) is 46.3 Å². The minimum absolute atomic E-state index is 0.00396. The summed E-state index contributed by atoms with van der Waals surface area (Å²) in [4.78, 5) is 0. The first kappa shape index (κ1) is 67.1. The second-order valence-electron chi connectivity index (χ2n) is 27.6. The Morgan fingerprint density at radius 1 is 0.524 bits per heavy atom. The number of hydrogen-bond acceptors (Lipinski definition) is 26. The van der Waals surface area contributed by atoms with Crippen molar-refractivity contribution in [3.63, 3.8) is 0 Å². The lowest BCUT2D eigenvalue weighted by Crippen LogP contribution is -2.68. The summed E-state index contributed by atoms with van der Waals surface area (Å²) >= 11 is 0. The molecule has 9 aliphatic rings. The third-order valence-corrected chi connectivity index (χ3v) is 22.3. The van der Waals surface area contributed by atoms with Crippen LogP contribution in [0.1, 0.15) is 113 Å². The van der Waals surface area contributed by atoms with Crippen LogP contribution in [0.15, 0.2) is 11.6 Å². The van der Waals surface area contributed by atoms with Gasteiger partial charge in [-0.3, -0.25) is 0 Å². The molecule has 0 spiro atoms. The standard InChI is InChI=1S/C58H98O26/c1-24(2)10-9-14-58(8,84-51-46(74)41(69)40(68)31(80-51)23-76-49-45(73)39(67)30(21-61)77-49)25-11-16-57(7)35(25)26(62)18-33-55(5)15-13-34(54(3,4)32(55)12-17-56(33,57)6)81-52-47(42(70)37(65)28(19-59)78-52)83-53-48(43(71)38(66)29(20-60)79-53)82-50-44(72)36(64)27(63)22-75-50/h10,25-53,59-74H,9,11-23H2,1-8H3/t25-,26+,27+,28+,29+,30-,31+,32-,33+,34-,35-,36-,37+,38+,39-,40+,41-,42-,43-,44+,45+,46+,47+,48+,49+,50-,51-,52-,53-,55-,56+,57+,58+/m0/s1. The maximum absolute atomic E-state index is 12.9. The molecule has 84 heavy (non-hydrogen) atoms. The third-order valence-electron chi connectivity index (χ3n) is 22.3. The third kappa shape index (κ3) is 11.9. The molecule has 0 unspecified atom stereocenters. The monoisotopic (exact) mass is 1210 g/mol. The van der Waals surface area contributed by atoms with Gasteiger partial charge in [0.25, 0.3) is 0 Å². The number of aliphatic hydroxyl groups is 16. The van der Waals surface area contributed by atoms with Gasteiger partial charge >= 0.3 is 0 Å². The van der Waals surface area contributed by atoms with Crippen LogP contribution in [0.5, 0.6) is 0 Å². The highest BCUT2D eigenvalue weighted by Gasteiger charge is 2.72. The van der Waals surface area contributed by atoms with Crippen LogP contribution < -0.4 is 0 Å². The van der Waals surface area contributed by atoms with Crippen molar-refractivity contribution in [2.45, 2.75) is 272 Å². The van der Waals surface area contributed by atoms with Crippen molar-refractivity contribution in [2.75, 3.05) is 33.0 Å². The summed E-state index contributed by atoms with van der Waals surface area (Å²) in [6.07, 6.45) is -30.4. The number of hydrogen-bond donors (Lipinski definition) is 16. The minimum Gasteiger partial charge on any atom is -0.394 e. The van der Waals surface area contributed by atoms with E-state index >= 15 is 0 Å². The molecule has 26 nitrogen and oxygen atoms in total. The molecule has 0 bridgehead atoms. The Labute approximate surface area is 490 Å². The number of fused-ring (bicyclic) bond motifs is 5. The van der Waals surface area contributed by atoms with Gasteiger partial charge < -0.3 is 129 Å². The molecule has 0 aromatic rings. The van der Waals surface area contributed by atoms with Crippen LogP contribution in [0.4, 0.5) is 0 Å². The van der Waals surface area contributed by atoms with E-state index in [1.165, 1.54) is 0 Å². The molecule has 9 rings (SSSR count). The Bertz CT molecular complexity index is 2210. The van der Waals surface area contributed by atoms with Gasteiger partial charge in [0, 0.05) is 0 Å². The smallest absolute Gasteiger partial charge is 0.187 e. The fourth-order valence-electron chi connectivity index (χ4n) is 17.2. The van der Waals surface area contributed by atoms with Crippen LogP contribution in [0.25, 0.3) is 0 Å². The molecule has 4 saturated carbocycles. The lowest BCUT2D eigenvalue weighted by atomic mass is 9.35. The van der Waals surface area contributed by atoms with Crippen LogP contribution in [0.2, 0.25) is 0 Å². The van der Waals surface area contributed by atoms with Gasteiger partial charge in [0.15, 0.2) is 31.5 Å². The summed E-state index contributed by atoms with van der Waals surface area (Å²) in [5, 5.41) is 174. The molecule has 16 N–H and O–H groups in total. The average molecular weight is 1210 g/mol. The van der Waals surface area contributed by atoms with Gasteiger partial charge in [0.05, 0.1) is 50.8 Å². The first-order chi connectivity index (χ1) is 39.4. The maximum atomic E-state index is 12.9. The van der Waals surface area contributed by atoms with E-state index in [1.54, 1.807) is 0 Å². The largest absolute Gasteiger partial charge is 0.394 e. The zero-order valence-corrected chi connectivity index (χ0v) is 49.5. The molecule has 5 saturated heterocycles. The molecule has 486 valence electrons. The minimum atomic E-state index is -1.88. The number of rotatable bonds is 18. The van der Waals surface area contributed by atoms with Crippen LogP contribution in [-0.4, -0.2) is 274 Å². The van der Waals surface area contributed by atoms with Gasteiger partial charge in [-0.15, -0.1) is 0 Å².